The van der Waals surface area contributed by atoms with Gasteiger partial charge in [-0.2, -0.15) is 0 Å². The number of rotatable bonds is 6. The molecule has 0 radical (unpaired) electrons. The lowest BCUT2D eigenvalue weighted by Crippen LogP contribution is -2.02. The molecule has 0 aliphatic rings. The Labute approximate surface area is 104 Å². The second-order valence-corrected chi connectivity index (χ2v) is 3.02. The van der Waals surface area contributed by atoms with Crippen molar-refractivity contribution in [2.45, 2.75) is 60.8 Å². The highest BCUT2D eigenvalue weighted by molar-refractivity contribution is 4.91. The lowest BCUT2D eigenvalue weighted by molar-refractivity contribution is 0.572. The number of nitrogens with two attached hydrogens (primary N) is 1. The number of hydrogen-bond acceptors (Lipinski definition) is 1. The fourth-order valence-corrected chi connectivity index (χ4v) is 1.26. The molecule has 0 aliphatic heterocycles. The Morgan fingerprint density at radius 3 is 1.94 bits per heavy atom. The second kappa shape index (κ2) is 23.9. The molecule has 0 aromatic rings. The van der Waals surface area contributed by atoms with Gasteiger partial charge in [-0.05, 0) is 45.6 Å². The van der Waals surface area contributed by atoms with Gasteiger partial charge in [0.1, 0.15) is 0 Å². The van der Waals surface area contributed by atoms with Crippen molar-refractivity contribution in [2.75, 3.05) is 6.54 Å². The van der Waals surface area contributed by atoms with Crippen molar-refractivity contribution in [3.8, 4) is 0 Å². The van der Waals surface area contributed by atoms with Crippen LogP contribution in [0.3, 0.4) is 0 Å². The topological polar surface area (TPSA) is 26.0 Å². The lowest BCUT2D eigenvalue weighted by Gasteiger charge is -2.08. The van der Waals surface area contributed by atoms with Crippen LogP contribution in [0.5, 0.6) is 0 Å². The predicted molar refractivity (Wildman–Crippen MR) is 78.7 cm³/mol. The molecular weight excluding hydrogens is 194 g/mol. The molecule has 0 fully saturated rings. The van der Waals surface area contributed by atoms with Gasteiger partial charge in [-0.1, -0.05) is 52.0 Å². The quantitative estimate of drug-likeness (QED) is 0.639. The first-order chi connectivity index (χ1) is 7.85. The Morgan fingerprint density at radius 2 is 1.56 bits per heavy atom. The van der Waals surface area contributed by atoms with Crippen molar-refractivity contribution in [2.24, 2.45) is 11.7 Å². The molecule has 16 heavy (non-hydrogen) atoms. The Balaban J connectivity index is -0.000000376. The molecule has 1 atom stereocenters. The normalized spacial score (nSPS) is 11.7. The van der Waals surface area contributed by atoms with Gasteiger partial charge in [-0.15, -0.1) is 0 Å². The van der Waals surface area contributed by atoms with E-state index in [4.69, 9.17) is 5.73 Å². The van der Waals surface area contributed by atoms with Crippen LogP contribution in [0.2, 0.25) is 0 Å². The van der Waals surface area contributed by atoms with E-state index in [1.54, 1.807) is 0 Å². The van der Waals surface area contributed by atoms with E-state index in [0.717, 1.165) is 19.4 Å². The molecular formula is C15H33N. The monoisotopic (exact) mass is 227 g/mol. The van der Waals surface area contributed by atoms with Crippen LogP contribution in [-0.4, -0.2) is 6.54 Å². The third kappa shape index (κ3) is 19.1. The van der Waals surface area contributed by atoms with Gasteiger partial charge >= 0.3 is 0 Å². The van der Waals surface area contributed by atoms with Gasteiger partial charge in [0.2, 0.25) is 0 Å². The van der Waals surface area contributed by atoms with Gasteiger partial charge in [0.15, 0.2) is 0 Å². The molecule has 1 nitrogen and oxygen atoms in total. The Hall–Kier alpha value is -0.560. The molecule has 0 saturated carbocycles. The summed E-state index contributed by atoms with van der Waals surface area (Å²) in [5.74, 6) is 0.690. The van der Waals surface area contributed by atoms with E-state index < -0.39 is 0 Å². The zero-order chi connectivity index (χ0) is 13.2. The summed E-state index contributed by atoms with van der Waals surface area (Å²) in [6, 6.07) is 0. The molecule has 2 N–H and O–H groups in total. The first-order valence-corrected chi connectivity index (χ1v) is 6.79. The van der Waals surface area contributed by atoms with Crippen molar-refractivity contribution < 1.29 is 0 Å². The molecule has 0 spiro atoms. The summed E-state index contributed by atoms with van der Waals surface area (Å²) in [5, 5.41) is 0. The molecule has 0 amide bonds. The maximum absolute atomic E-state index is 5.46. The Bertz CT molecular complexity index is 136. The average Bonchev–Trinajstić information content (AvgIpc) is 2.37. The van der Waals surface area contributed by atoms with Crippen molar-refractivity contribution in [3.63, 3.8) is 0 Å². The fraction of sp³-hybridized carbons (Fsp3) is 0.733. The molecule has 0 bridgehead atoms. The third-order valence-corrected chi connectivity index (χ3v) is 1.92. The minimum Gasteiger partial charge on any atom is -0.330 e. The van der Waals surface area contributed by atoms with E-state index in [9.17, 15) is 0 Å². The SMILES string of the molecule is C/C=C\C(C/C=C/C)CCCN.CC.CC. The molecule has 1 unspecified atom stereocenters. The summed E-state index contributed by atoms with van der Waals surface area (Å²) in [4.78, 5) is 0. The van der Waals surface area contributed by atoms with Crippen LogP contribution in [0.25, 0.3) is 0 Å². The van der Waals surface area contributed by atoms with Crippen LogP contribution in [0, 0.1) is 5.92 Å². The Morgan fingerprint density at radius 1 is 1.00 bits per heavy atom. The van der Waals surface area contributed by atoms with Gasteiger partial charge < -0.3 is 5.73 Å². The number of allylic oxidation sites excluding steroid dienone is 4. The van der Waals surface area contributed by atoms with E-state index in [-0.39, 0.29) is 0 Å². The largest absolute Gasteiger partial charge is 0.330 e. The maximum Gasteiger partial charge on any atom is -0.00771 e. The van der Waals surface area contributed by atoms with E-state index in [0.29, 0.717) is 5.92 Å². The van der Waals surface area contributed by atoms with E-state index in [1.165, 1.54) is 6.42 Å². The van der Waals surface area contributed by atoms with Gasteiger partial charge in [0.25, 0.3) is 0 Å². The molecule has 0 heterocycles. The minimum atomic E-state index is 0.690. The van der Waals surface area contributed by atoms with Crippen LogP contribution >= 0.6 is 0 Å². The van der Waals surface area contributed by atoms with Gasteiger partial charge in [0.05, 0.1) is 0 Å². The molecule has 0 aromatic carbocycles. The predicted octanol–water partition coefficient (Wildman–Crippen LogP) is 4.94. The summed E-state index contributed by atoms with van der Waals surface area (Å²) in [6.07, 6.45) is 12.2. The zero-order valence-corrected chi connectivity index (χ0v) is 12.3. The molecule has 1 heteroatoms. The smallest absolute Gasteiger partial charge is 0.00771 e. The standard InChI is InChI=1S/C11H21N.2C2H6/c1-3-5-8-11(7-4-2)9-6-10-12;2*1-2/h3-5,7,11H,6,8-10,12H2,1-2H3;2*1-2H3/b5-3+,7-4-;;. The van der Waals surface area contributed by atoms with Crippen molar-refractivity contribution >= 4 is 0 Å². The molecule has 0 rings (SSSR count). The van der Waals surface area contributed by atoms with E-state index in [1.807, 2.05) is 27.7 Å². The van der Waals surface area contributed by atoms with Crippen LogP contribution < -0.4 is 5.73 Å². The van der Waals surface area contributed by atoms with Crippen molar-refractivity contribution in [3.05, 3.63) is 24.3 Å². The van der Waals surface area contributed by atoms with E-state index in [2.05, 4.69) is 38.2 Å². The lowest BCUT2D eigenvalue weighted by atomic mass is 9.99. The van der Waals surface area contributed by atoms with Gasteiger partial charge in [-0.3, -0.25) is 0 Å². The van der Waals surface area contributed by atoms with Crippen molar-refractivity contribution in [1.82, 2.24) is 0 Å². The fourth-order valence-electron chi connectivity index (χ4n) is 1.26. The zero-order valence-electron chi connectivity index (χ0n) is 12.3. The van der Waals surface area contributed by atoms with Crippen LogP contribution in [-0.2, 0) is 0 Å². The summed E-state index contributed by atoms with van der Waals surface area (Å²) < 4.78 is 0. The molecule has 0 aliphatic carbocycles. The van der Waals surface area contributed by atoms with Crippen LogP contribution in [0.1, 0.15) is 60.8 Å². The summed E-state index contributed by atoms with van der Waals surface area (Å²) in [5.41, 5.74) is 5.46. The summed E-state index contributed by atoms with van der Waals surface area (Å²) in [7, 11) is 0. The first-order valence-electron chi connectivity index (χ1n) is 6.79. The summed E-state index contributed by atoms with van der Waals surface area (Å²) in [6.45, 7) is 12.9. The molecule has 0 aromatic heterocycles. The highest BCUT2D eigenvalue weighted by Crippen LogP contribution is 2.13. The highest BCUT2D eigenvalue weighted by Gasteiger charge is 2.00. The molecule has 0 saturated heterocycles. The van der Waals surface area contributed by atoms with Gasteiger partial charge in [-0.25, -0.2) is 0 Å². The average molecular weight is 227 g/mol. The highest BCUT2D eigenvalue weighted by atomic mass is 14.5. The van der Waals surface area contributed by atoms with Crippen molar-refractivity contribution in [1.29, 1.82) is 0 Å². The minimum absolute atomic E-state index is 0.690. The van der Waals surface area contributed by atoms with Gasteiger partial charge in [0, 0.05) is 0 Å². The third-order valence-electron chi connectivity index (χ3n) is 1.92. The summed E-state index contributed by atoms with van der Waals surface area (Å²) >= 11 is 0. The second-order valence-electron chi connectivity index (χ2n) is 3.02. The first kappa shape index (κ1) is 20.8. The number of hydrogen-bond donors (Lipinski definition) is 1. The molecule has 98 valence electrons. The van der Waals surface area contributed by atoms with Crippen LogP contribution in [0.4, 0.5) is 0 Å². The van der Waals surface area contributed by atoms with Crippen LogP contribution in [0.15, 0.2) is 24.3 Å². The van der Waals surface area contributed by atoms with E-state index >= 15 is 0 Å². The Kier molecular flexibility index (Phi) is 31.1. The maximum atomic E-state index is 5.46.